The van der Waals surface area contributed by atoms with Crippen LogP contribution in [0.5, 0.6) is 0 Å². The Morgan fingerprint density at radius 1 is 1.36 bits per heavy atom. The highest BCUT2D eigenvalue weighted by atomic mass is 16.5. The van der Waals surface area contributed by atoms with Crippen molar-refractivity contribution in [2.75, 3.05) is 0 Å². The summed E-state index contributed by atoms with van der Waals surface area (Å²) in [5.41, 5.74) is 1.52. The Hall–Kier alpha value is -1.83. The molecule has 1 aromatic rings. The molecule has 0 heterocycles. The molecule has 2 nitrogen and oxygen atoms in total. The topological polar surface area (TPSA) is 26.3 Å². The van der Waals surface area contributed by atoms with E-state index in [4.69, 9.17) is 4.74 Å². The van der Waals surface area contributed by atoms with Gasteiger partial charge in [0.25, 0.3) is 0 Å². The van der Waals surface area contributed by atoms with E-state index < -0.39 is 0 Å². The van der Waals surface area contributed by atoms with Crippen molar-refractivity contribution in [1.82, 2.24) is 0 Å². The summed E-state index contributed by atoms with van der Waals surface area (Å²) in [5, 5.41) is 0. The van der Waals surface area contributed by atoms with Gasteiger partial charge < -0.3 is 4.74 Å². The summed E-state index contributed by atoms with van der Waals surface area (Å²) >= 11 is 0. The molecule has 0 saturated carbocycles. The van der Waals surface area contributed by atoms with Crippen molar-refractivity contribution in [3.63, 3.8) is 0 Å². The standard InChI is InChI=1S/C12H12O2/c1-3-9-14-12(13)11-7-5-10(4-2)6-8-11/h3-9H,2H2,1H3/b9-3+. The van der Waals surface area contributed by atoms with Gasteiger partial charge >= 0.3 is 5.97 Å². The molecule has 0 unspecified atom stereocenters. The number of benzene rings is 1. The molecular weight excluding hydrogens is 176 g/mol. The monoisotopic (exact) mass is 188 g/mol. The Bertz CT molecular complexity index is 347. The van der Waals surface area contributed by atoms with Crippen LogP contribution in [0.1, 0.15) is 22.8 Å². The first kappa shape index (κ1) is 10.3. The number of ether oxygens (including phenoxy) is 1. The van der Waals surface area contributed by atoms with E-state index in [2.05, 4.69) is 6.58 Å². The second-order valence-electron chi connectivity index (χ2n) is 2.70. The second kappa shape index (κ2) is 5.02. The van der Waals surface area contributed by atoms with Crippen LogP contribution >= 0.6 is 0 Å². The van der Waals surface area contributed by atoms with Crippen molar-refractivity contribution in [1.29, 1.82) is 0 Å². The van der Waals surface area contributed by atoms with Crippen LogP contribution in [0, 0.1) is 0 Å². The highest BCUT2D eigenvalue weighted by Crippen LogP contribution is 2.06. The normalized spacial score (nSPS) is 10.1. The molecule has 72 valence electrons. The molecule has 0 aliphatic heterocycles. The molecule has 0 radical (unpaired) electrons. The van der Waals surface area contributed by atoms with Gasteiger partial charge in [-0.15, -0.1) is 0 Å². The maximum absolute atomic E-state index is 11.3. The lowest BCUT2D eigenvalue weighted by molar-refractivity contribution is 0.0662. The van der Waals surface area contributed by atoms with Crippen LogP contribution in [0.15, 0.2) is 43.2 Å². The molecule has 0 aliphatic carbocycles. The van der Waals surface area contributed by atoms with Crippen LogP contribution in [0.25, 0.3) is 6.08 Å². The fraction of sp³-hybridized carbons (Fsp3) is 0.0833. The summed E-state index contributed by atoms with van der Waals surface area (Å²) in [4.78, 5) is 11.3. The molecule has 0 aliphatic rings. The minimum atomic E-state index is -0.348. The van der Waals surface area contributed by atoms with Gasteiger partial charge in [0.15, 0.2) is 0 Å². The van der Waals surface area contributed by atoms with Crippen molar-refractivity contribution in [3.8, 4) is 0 Å². The molecule has 1 rings (SSSR count). The molecule has 0 fully saturated rings. The number of rotatable bonds is 3. The molecule has 0 aromatic heterocycles. The summed E-state index contributed by atoms with van der Waals surface area (Å²) in [6.45, 7) is 5.41. The lowest BCUT2D eigenvalue weighted by Gasteiger charge is -1.99. The van der Waals surface area contributed by atoms with Crippen LogP contribution < -0.4 is 0 Å². The third-order valence-corrected chi connectivity index (χ3v) is 1.69. The summed E-state index contributed by atoms with van der Waals surface area (Å²) in [7, 11) is 0. The number of allylic oxidation sites excluding steroid dienone is 1. The largest absolute Gasteiger partial charge is 0.431 e. The van der Waals surface area contributed by atoms with Gasteiger partial charge in [0.2, 0.25) is 0 Å². The summed E-state index contributed by atoms with van der Waals surface area (Å²) < 4.78 is 4.81. The van der Waals surface area contributed by atoms with Gasteiger partial charge in [-0.1, -0.05) is 30.9 Å². The zero-order valence-corrected chi connectivity index (χ0v) is 8.07. The van der Waals surface area contributed by atoms with Crippen molar-refractivity contribution in [2.24, 2.45) is 0 Å². The van der Waals surface area contributed by atoms with E-state index in [-0.39, 0.29) is 5.97 Å². The second-order valence-corrected chi connectivity index (χ2v) is 2.70. The number of esters is 1. The van der Waals surface area contributed by atoms with E-state index in [1.165, 1.54) is 6.26 Å². The quantitative estimate of drug-likeness (QED) is 0.538. The molecule has 1 aromatic carbocycles. The number of hydrogen-bond acceptors (Lipinski definition) is 2. The van der Waals surface area contributed by atoms with Crippen LogP contribution in [0.4, 0.5) is 0 Å². The van der Waals surface area contributed by atoms with Gasteiger partial charge in [0.1, 0.15) is 0 Å². The molecule has 0 spiro atoms. The summed E-state index contributed by atoms with van der Waals surface area (Å²) in [6.07, 6.45) is 4.75. The van der Waals surface area contributed by atoms with Crippen molar-refractivity contribution < 1.29 is 9.53 Å². The van der Waals surface area contributed by atoms with Gasteiger partial charge in [-0.25, -0.2) is 4.79 Å². The molecule has 0 N–H and O–H groups in total. The number of hydrogen-bond donors (Lipinski definition) is 0. The first-order valence-electron chi connectivity index (χ1n) is 4.32. The zero-order valence-electron chi connectivity index (χ0n) is 8.07. The zero-order chi connectivity index (χ0) is 10.4. The first-order chi connectivity index (χ1) is 6.77. The molecule has 2 heteroatoms. The predicted molar refractivity (Wildman–Crippen MR) is 56.8 cm³/mol. The van der Waals surface area contributed by atoms with Crippen molar-refractivity contribution >= 4 is 12.0 Å². The van der Waals surface area contributed by atoms with E-state index >= 15 is 0 Å². The summed E-state index contributed by atoms with van der Waals surface area (Å²) in [6, 6.07) is 7.06. The van der Waals surface area contributed by atoms with E-state index in [9.17, 15) is 4.79 Å². The number of carbonyl (C=O) groups is 1. The molecule has 0 bridgehead atoms. The van der Waals surface area contributed by atoms with Crippen LogP contribution in [-0.4, -0.2) is 5.97 Å². The van der Waals surface area contributed by atoms with Crippen molar-refractivity contribution in [2.45, 2.75) is 6.92 Å². The SMILES string of the molecule is C=Cc1ccc(C(=O)O/C=C/C)cc1. The maximum Gasteiger partial charge on any atom is 0.342 e. The van der Waals surface area contributed by atoms with E-state index in [1.807, 2.05) is 12.1 Å². The molecule has 0 amide bonds. The highest BCUT2D eigenvalue weighted by Gasteiger charge is 2.03. The van der Waals surface area contributed by atoms with Crippen molar-refractivity contribution in [3.05, 3.63) is 54.3 Å². The minimum absolute atomic E-state index is 0.348. The fourth-order valence-corrected chi connectivity index (χ4v) is 0.953. The molecule has 0 saturated heterocycles. The lowest BCUT2D eigenvalue weighted by atomic mass is 10.1. The van der Waals surface area contributed by atoms with Gasteiger partial charge in [-0.3, -0.25) is 0 Å². The Morgan fingerprint density at radius 2 is 2.00 bits per heavy atom. The van der Waals surface area contributed by atoms with E-state index in [0.29, 0.717) is 5.56 Å². The third-order valence-electron chi connectivity index (χ3n) is 1.69. The van der Waals surface area contributed by atoms with Crippen LogP contribution in [-0.2, 0) is 4.74 Å². The smallest absolute Gasteiger partial charge is 0.342 e. The fourth-order valence-electron chi connectivity index (χ4n) is 0.953. The van der Waals surface area contributed by atoms with E-state index in [1.54, 1.807) is 31.2 Å². The molecule has 0 atom stereocenters. The lowest BCUT2D eigenvalue weighted by Crippen LogP contribution is -1.99. The van der Waals surface area contributed by atoms with Gasteiger partial charge in [0.05, 0.1) is 11.8 Å². The predicted octanol–water partition coefficient (Wildman–Crippen LogP) is 3.02. The van der Waals surface area contributed by atoms with Gasteiger partial charge in [0, 0.05) is 0 Å². The Balaban J connectivity index is 2.76. The Kier molecular flexibility index (Phi) is 3.68. The van der Waals surface area contributed by atoms with Gasteiger partial charge in [-0.05, 0) is 24.6 Å². The number of carbonyl (C=O) groups excluding carboxylic acids is 1. The highest BCUT2D eigenvalue weighted by molar-refractivity contribution is 5.89. The third kappa shape index (κ3) is 2.59. The van der Waals surface area contributed by atoms with E-state index in [0.717, 1.165) is 5.56 Å². The Morgan fingerprint density at radius 3 is 2.50 bits per heavy atom. The minimum Gasteiger partial charge on any atom is -0.431 e. The summed E-state index contributed by atoms with van der Waals surface area (Å²) in [5.74, 6) is -0.348. The average molecular weight is 188 g/mol. The van der Waals surface area contributed by atoms with Crippen LogP contribution in [0.3, 0.4) is 0 Å². The van der Waals surface area contributed by atoms with Crippen LogP contribution in [0.2, 0.25) is 0 Å². The molecular formula is C12H12O2. The first-order valence-corrected chi connectivity index (χ1v) is 4.32. The average Bonchev–Trinajstić information content (AvgIpc) is 2.26. The molecule has 14 heavy (non-hydrogen) atoms. The maximum atomic E-state index is 11.3. The van der Waals surface area contributed by atoms with Gasteiger partial charge in [-0.2, -0.15) is 0 Å². The Labute approximate surface area is 83.5 Å².